The van der Waals surface area contributed by atoms with E-state index < -0.39 is 11.5 Å². The fourth-order valence-corrected chi connectivity index (χ4v) is 2.17. The number of carbonyl (C=O) groups is 1. The molecule has 0 saturated heterocycles. The molecular weight excluding hydrogens is 208 g/mol. The first-order valence-electron chi connectivity index (χ1n) is 5.80. The molecule has 4 nitrogen and oxygen atoms in total. The third-order valence-corrected chi connectivity index (χ3v) is 3.10. The van der Waals surface area contributed by atoms with Crippen molar-refractivity contribution in [3.8, 4) is 0 Å². The zero-order valence-corrected chi connectivity index (χ0v) is 9.69. The molecule has 0 amide bonds. The summed E-state index contributed by atoms with van der Waals surface area (Å²) in [5.74, 6) is -0.347. The Kier molecular flexibility index (Phi) is 4.96. The molecule has 1 rings (SSSR count). The molecule has 0 spiro atoms. The Morgan fingerprint density at radius 1 is 1.62 bits per heavy atom. The molecule has 2 atom stereocenters. The normalized spacial score (nSPS) is 29.1. The molecular formula is C12H20O4. The summed E-state index contributed by atoms with van der Waals surface area (Å²) in [4.78, 5) is 11.9. The molecule has 0 aromatic carbocycles. The minimum absolute atomic E-state index is 0.0254. The fourth-order valence-electron chi connectivity index (χ4n) is 2.17. The van der Waals surface area contributed by atoms with Gasteiger partial charge in [-0.3, -0.25) is 4.79 Å². The van der Waals surface area contributed by atoms with Crippen molar-refractivity contribution in [3.05, 3.63) is 12.2 Å². The average Bonchev–Trinajstić information content (AvgIpc) is 2.28. The number of aliphatic hydroxyl groups excluding tert-OH is 2. The number of hydrogen-bond donors (Lipinski definition) is 2. The van der Waals surface area contributed by atoms with E-state index in [0.29, 0.717) is 25.9 Å². The molecule has 1 aliphatic carbocycles. The van der Waals surface area contributed by atoms with Gasteiger partial charge in [0.15, 0.2) is 0 Å². The molecule has 2 N–H and O–H groups in total. The highest BCUT2D eigenvalue weighted by Gasteiger charge is 2.45. The number of rotatable bonds is 5. The second-order valence-corrected chi connectivity index (χ2v) is 4.12. The molecule has 0 radical (unpaired) electrons. The molecule has 4 heteroatoms. The van der Waals surface area contributed by atoms with E-state index in [1.165, 1.54) is 0 Å². The Labute approximate surface area is 95.9 Å². The van der Waals surface area contributed by atoms with E-state index in [1.807, 2.05) is 6.08 Å². The minimum atomic E-state index is -0.854. The highest BCUT2D eigenvalue weighted by atomic mass is 16.5. The van der Waals surface area contributed by atoms with Crippen LogP contribution in [0.2, 0.25) is 0 Å². The summed E-state index contributed by atoms with van der Waals surface area (Å²) < 4.78 is 5.04. The number of carbonyl (C=O) groups excluding carboxylic acids is 1. The molecule has 16 heavy (non-hydrogen) atoms. The van der Waals surface area contributed by atoms with E-state index in [-0.39, 0.29) is 12.6 Å². The van der Waals surface area contributed by atoms with Gasteiger partial charge in [-0.25, -0.2) is 0 Å². The first kappa shape index (κ1) is 13.2. The summed E-state index contributed by atoms with van der Waals surface area (Å²) in [6.07, 6.45) is 5.05. The Balaban J connectivity index is 2.82. The number of ether oxygens (including phenoxy) is 1. The smallest absolute Gasteiger partial charge is 0.315 e. The van der Waals surface area contributed by atoms with Gasteiger partial charge in [0.1, 0.15) is 0 Å². The van der Waals surface area contributed by atoms with E-state index in [1.54, 1.807) is 13.0 Å². The molecule has 0 aliphatic heterocycles. The molecule has 0 saturated carbocycles. The maximum Gasteiger partial charge on any atom is 0.315 e. The number of esters is 1. The van der Waals surface area contributed by atoms with Crippen LogP contribution in [0.15, 0.2) is 12.2 Å². The second kappa shape index (κ2) is 6.01. The van der Waals surface area contributed by atoms with Crippen molar-refractivity contribution in [3.63, 3.8) is 0 Å². The van der Waals surface area contributed by atoms with Crippen LogP contribution in [0.5, 0.6) is 0 Å². The maximum absolute atomic E-state index is 11.9. The first-order chi connectivity index (χ1) is 7.67. The van der Waals surface area contributed by atoms with Crippen molar-refractivity contribution in [2.75, 3.05) is 13.2 Å². The van der Waals surface area contributed by atoms with E-state index in [0.717, 1.165) is 6.42 Å². The van der Waals surface area contributed by atoms with Crippen molar-refractivity contribution in [1.29, 1.82) is 0 Å². The van der Waals surface area contributed by atoms with Gasteiger partial charge in [0.2, 0.25) is 0 Å². The second-order valence-electron chi connectivity index (χ2n) is 4.12. The first-order valence-corrected chi connectivity index (χ1v) is 5.80. The highest BCUT2D eigenvalue weighted by Crippen LogP contribution is 2.38. The maximum atomic E-state index is 11.9. The molecule has 0 unspecified atom stereocenters. The van der Waals surface area contributed by atoms with E-state index in [2.05, 4.69) is 0 Å². The van der Waals surface area contributed by atoms with Crippen LogP contribution in [0.4, 0.5) is 0 Å². The molecule has 0 bridgehead atoms. The molecule has 0 aromatic rings. The van der Waals surface area contributed by atoms with Gasteiger partial charge in [0, 0.05) is 6.61 Å². The summed E-state index contributed by atoms with van der Waals surface area (Å²) in [5, 5.41) is 18.8. The van der Waals surface area contributed by atoms with Gasteiger partial charge in [-0.15, -0.1) is 0 Å². The topological polar surface area (TPSA) is 66.8 Å². The SMILES string of the molecule is CCOC(=O)[C@@]1(CCCO)CCC=C[C@@H]1O. The lowest BCUT2D eigenvalue weighted by Gasteiger charge is -2.36. The Bertz CT molecular complexity index is 262. The van der Waals surface area contributed by atoms with Crippen LogP contribution >= 0.6 is 0 Å². The quantitative estimate of drug-likeness (QED) is 0.544. The molecule has 0 aromatic heterocycles. The number of allylic oxidation sites excluding steroid dienone is 1. The third kappa shape index (κ3) is 2.62. The van der Waals surface area contributed by atoms with Gasteiger partial charge >= 0.3 is 5.97 Å². The highest BCUT2D eigenvalue weighted by molar-refractivity contribution is 5.78. The third-order valence-electron chi connectivity index (χ3n) is 3.10. The van der Waals surface area contributed by atoms with Crippen molar-refractivity contribution < 1.29 is 19.7 Å². The van der Waals surface area contributed by atoms with Crippen LogP contribution in [-0.2, 0) is 9.53 Å². The van der Waals surface area contributed by atoms with Crippen LogP contribution in [0.1, 0.15) is 32.6 Å². The lowest BCUT2D eigenvalue weighted by Crippen LogP contribution is -2.44. The van der Waals surface area contributed by atoms with Gasteiger partial charge in [-0.1, -0.05) is 12.2 Å². The molecule has 92 valence electrons. The van der Waals surface area contributed by atoms with Gasteiger partial charge in [-0.2, -0.15) is 0 Å². The van der Waals surface area contributed by atoms with E-state index in [4.69, 9.17) is 9.84 Å². The summed E-state index contributed by atoms with van der Waals surface area (Å²) >= 11 is 0. The average molecular weight is 228 g/mol. The van der Waals surface area contributed by atoms with Crippen LogP contribution in [0.25, 0.3) is 0 Å². The predicted octanol–water partition coefficient (Wildman–Crippen LogP) is 1.02. The fraction of sp³-hybridized carbons (Fsp3) is 0.750. The van der Waals surface area contributed by atoms with Crippen LogP contribution in [0, 0.1) is 5.41 Å². The summed E-state index contributed by atoms with van der Waals surface area (Å²) in [6.45, 7) is 2.09. The Hall–Kier alpha value is -0.870. The zero-order chi connectivity index (χ0) is 12.0. The van der Waals surface area contributed by atoms with Crippen molar-refractivity contribution in [2.24, 2.45) is 5.41 Å². The zero-order valence-electron chi connectivity index (χ0n) is 9.69. The van der Waals surface area contributed by atoms with Gasteiger partial charge in [-0.05, 0) is 32.6 Å². The van der Waals surface area contributed by atoms with Crippen LogP contribution in [0.3, 0.4) is 0 Å². The van der Waals surface area contributed by atoms with Crippen molar-refractivity contribution in [2.45, 2.75) is 38.7 Å². The van der Waals surface area contributed by atoms with Crippen LogP contribution in [-0.4, -0.2) is 35.5 Å². The predicted molar refractivity (Wildman–Crippen MR) is 59.8 cm³/mol. The summed E-state index contributed by atoms with van der Waals surface area (Å²) in [6, 6.07) is 0. The summed E-state index contributed by atoms with van der Waals surface area (Å²) in [7, 11) is 0. The summed E-state index contributed by atoms with van der Waals surface area (Å²) in [5.41, 5.74) is -0.854. The van der Waals surface area contributed by atoms with Gasteiger partial charge in [0.25, 0.3) is 0 Å². The van der Waals surface area contributed by atoms with Crippen molar-refractivity contribution in [1.82, 2.24) is 0 Å². The standard InChI is InChI=1S/C12H20O4/c1-2-16-11(15)12(8-5-9-13)7-4-3-6-10(12)14/h3,6,10,13-14H,2,4-5,7-9H2,1H3/t10-,12+/m0/s1. The monoisotopic (exact) mass is 228 g/mol. The Morgan fingerprint density at radius 3 is 2.94 bits per heavy atom. The molecule has 0 heterocycles. The van der Waals surface area contributed by atoms with Crippen LogP contribution < -0.4 is 0 Å². The van der Waals surface area contributed by atoms with E-state index in [9.17, 15) is 9.90 Å². The lowest BCUT2D eigenvalue weighted by atomic mass is 9.71. The number of aliphatic hydroxyl groups is 2. The van der Waals surface area contributed by atoms with Gasteiger partial charge in [0.05, 0.1) is 18.1 Å². The van der Waals surface area contributed by atoms with E-state index >= 15 is 0 Å². The Morgan fingerprint density at radius 2 is 2.38 bits per heavy atom. The molecule has 1 aliphatic rings. The lowest BCUT2D eigenvalue weighted by molar-refractivity contribution is -0.163. The largest absolute Gasteiger partial charge is 0.465 e. The van der Waals surface area contributed by atoms with Crippen molar-refractivity contribution >= 4 is 5.97 Å². The molecule has 0 fully saturated rings. The minimum Gasteiger partial charge on any atom is -0.465 e. The van der Waals surface area contributed by atoms with Gasteiger partial charge < -0.3 is 14.9 Å². The number of hydrogen-bond acceptors (Lipinski definition) is 4.